The predicted molar refractivity (Wildman–Crippen MR) is 109 cm³/mol. The molecule has 2 aromatic carbocycles. The number of anilines is 1. The Bertz CT molecular complexity index is 772. The maximum atomic E-state index is 13.0. The number of amides is 1. The first-order valence-electron chi connectivity index (χ1n) is 9.36. The van der Waals surface area contributed by atoms with E-state index in [9.17, 15) is 9.90 Å². The van der Waals surface area contributed by atoms with Crippen molar-refractivity contribution < 1.29 is 9.90 Å². The summed E-state index contributed by atoms with van der Waals surface area (Å²) in [4.78, 5) is 19.3. The van der Waals surface area contributed by atoms with E-state index in [-0.39, 0.29) is 23.2 Å². The summed E-state index contributed by atoms with van der Waals surface area (Å²) >= 11 is 0. The highest BCUT2D eigenvalue weighted by Gasteiger charge is 2.39. The van der Waals surface area contributed by atoms with Crippen LogP contribution in [0.5, 0.6) is 5.75 Å². The molecule has 0 bridgehead atoms. The molecule has 1 aliphatic rings. The summed E-state index contributed by atoms with van der Waals surface area (Å²) in [5.41, 5.74) is 1.98. The number of piperazine rings is 1. The second kappa shape index (κ2) is 7.61. The number of likely N-dealkylation sites (N-methyl/N-ethyl adjacent to an activating group) is 1. The lowest BCUT2D eigenvalue weighted by Crippen LogP contribution is -2.61. The molecule has 1 heterocycles. The van der Waals surface area contributed by atoms with Crippen molar-refractivity contribution in [1.82, 2.24) is 9.80 Å². The maximum Gasteiger partial charge on any atom is 0.244 e. The van der Waals surface area contributed by atoms with Crippen LogP contribution in [0.15, 0.2) is 54.6 Å². The monoisotopic (exact) mass is 367 g/mol. The molecule has 1 atom stereocenters. The molecule has 1 aliphatic heterocycles. The van der Waals surface area contributed by atoms with E-state index in [0.717, 1.165) is 30.9 Å². The Morgan fingerprint density at radius 1 is 1.04 bits per heavy atom. The van der Waals surface area contributed by atoms with Crippen LogP contribution >= 0.6 is 0 Å². The summed E-state index contributed by atoms with van der Waals surface area (Å²) in [6.45, 7) is 6.79. The first kappa shape index (κ1) is 19.2. The lowest BCUT2D eigenvalue weighted by atomic mass is 9.94. The molecule has 0 aliphatic carbocycles. The molecule has 0 spiro atoms. The number of hydrogen-bond acceptors (Lipinski definition) is 4. The van der Waals surface area contributed by atoms with Gasteiger partial charge < -0.3 is 14.9 Å². The number of hydrogen-bond donors (Lipinski definition) is 1. The van der Waals surface area contributed by atoms with Crippen LogP contribution in [0.3, 0.4) is 0 Å². The maximum absolute atomic E-state index is 13.0. The number of aromatic hydroxyl groups is 1. The highest BCUT2D eigenvalue weighted by molar-refractivity contribution is 5.83. The van der Waals surface area contributed by atoms with Crippen molar-refractivity contribution in [3.63, 3.8) is 0 Å². The van der Waals surface area contributed by atoms with Gasteiger partial charge in [0.2, 0.25) is 5.91 Å². The molecule has 1 N–H and O–H groups in total. The molecule has 144 valence electrons. The molecule has 2 aromatic rings. The van der Waals surface area contributed by atoms with Crippen LogP contribution in [-0.4, -0.2) is 60.1 Å². The minimum Gasteiger partial charge on any atom is -0.508 e. The summed E-state index contributed by atoms with van der Waals surface area (Å²) < 4.78 is 0. The van der Waals surface area contributed by atoms with Crippen LogP contribution in [-0.2, 0) is 4.79 Å². The van der Waals surface area contributed by atoms with Crippen molar-refractivity contribution >= 4 is 11.6 Å². The second-order valence-corrected chi connectivity index (χ2v) is 8.00. The van der Waals surface area contributed by atoms with Crippen molar-refractivity contribution in [3.8, 4) is 5.75 Å². The third kappa shape index (κ3) is 4.08. The molecule has 0 saturated carbocycles. The quantitative estimate of drug-likeness (QED) is 0.902. The summed E-state index contributed by atoms with van der Waals surface area (Å²) in [7, 11) is 3.63. The summed E-state index contributed by atoms with van der Waals surface area (Å²) in [6.07, 6.45) is 0. The Labute approximate surface area is 161 Å². The third-order valence-electron chi connectivity index (χ3n) is 5.25. The average Bonchev–Trinajstić information content (AvgIpc) is 2.63. The van der Waals surface area contributed by atoms with Crippen molar-refractivity contribution in [2.75, 3.05) is 38.6 Å². The van der Waals surface area contributed by atoms with E-state index in [2.05, 4.69) is 23.6 Å². The van der Waals surface area contributed by atoms with Crippen molar-refractivity contribution in [3.05, 3.63) is 60.2 Å². The van der Waals surface area contributed by atoms with Crippen LogP contribution in [0.25, 0.3) is 0 Å². The van der Waals surface area contributed by atoms with Crippen molar-refractivity contribution in [2.45, 2.75) is 25.4 Å². The molecule has 1 saturated heterocycles. The first-order valence-corrected chi connectivity index (χ1v) is 9.36. The van der Waals surface area contributed by atoms with Gasteiger partial charge in [-0.1, -0.05) is 30.3 Å². The van der Waals surface area contributed by atoms with Crippen LogP contribution < -0.4 is 4.90 Å². The molecule has 0 radical (unpaired) electrons. The van der Waals surface area contributed by atoms with Gasteiger partial charge in [-0.05, 0) is 43.7 Å². The largest absolute Gasteiger partial charge is 0.508 e. The molecule has 5 heteroatoms. The van der Waals surface area contributed by atoms with Crippen molar-refractivity contribution in [2.24, 2.45) is 0 Å². The lowest BCUT2D eigenvalue weighted by Gasteiger charge is -2.50. The van der Waals surface area contributed by atoms with Gasteiger partial charge in [-0.25, -0.2) is 0 Å². The smallest absolute Gasteiger partial charge is 0.244 e. The van der Waals surface area contributed by atoms with E-state index in [1.807, 2.05) is 56.6 Å². The highest BCUT2D eigenvalue weighted by atomic mass is 16.3. The summed E-state index contributed by atoms with van der Waals surface area (Å²) in [6, 6.07) is 17.1. The Hall–Kier alpha value is -2.53. The number of phenols is 1. The first-order chi connectivity index (χ1) is 12.8. The zero-order valence-corrected chi connectivity index (χ0v) is 16.6. The third-order valence-corrected chi connectivity index (χ3v) is 5.25. The molecule has 3 rings (SSSR count). The van der Waals surface area contributed by atoms with Crippen LogP contribution in [0.1, 0.15) is 25.5 Å². The Morgan fingerprint density at radius 3 is 2.22 bits per heavy atom. The van der Waals surface area contributed by atoms with Gasteiger partial charge in [0, 0.05) is 45.0 Å². The van der Waals surface area contributed by atoms with E-state index >= 15 is 0 Å². The van der Waals surface area contributed by atoms with Crippen LogP contribution in [0.4, 0.5) is 5.69 Å². The van der Waals surface area contributed by atoms with Gasteiger partial charge in [0.05, 0.1) is 0 Å². The highest BCUT2D eigenvalue weighted by Crippen LogP contribution is 2.33. The second-order valence-electron chi connectivity index (χ2n) is 8.00. The number of rotatable bonds is 4. The van der Waals surface area contributed by atoms with Gasteiger partial charge in [-0.2, -0.15) is 0 Å². The Morgan fingerprint density at radius 2 is 1.67 bits per heavy atom. The van der Waals surface area contributed by atoms with Gasteiger partial charge in [-0.15, -0.1) is 0 Å². The minimum absolute atomic E-state index is 0.107. The van der Waals surface area contributed by atoms with E-state index in [0.29, 0.717) is 0 Å². The van der Waals surface area contributed by atoms with E-state index in [1.54, 1.807) is 17.0 Å². The van der Waals surface area contributed by atoms with Crippen molar-refractivity contribution in [1.29, 1.82) is 0 Å². The molecule has 0 aromatic heterocycles. The van der Waals surface area contributed by atoms with Gasteiger partial charge >= 0.3 is 0 Å². The lowest BCUT2D eigenvalue weighted by molar-refractivity contribution is -0.135. The van der Waals surface area contributed by atoms with E-state index in [1.165, 1.54) is 0 Å². The molecule has 1 amide bonds. The zero-order chi connectivity index (χ0) is 19.6. The minimum atomic E-state index is -0.276. The fraction of sp³-hybridized carbons (Fsp3) is 0.409. The fourth-order valence-electron chi connectivity index (χ4n) is 3.91. The molecule has 5 nitrogen and oxygen atoms in total. The number of carbonyl (C=O) groups excluding carboxylic acids is 1. The molecular weight excluding hydrogens is 338 g/mol. The standard InChI is InChI=1S/C22H29N3O2/c1-22(2)16-24(14-15-25(22)18-10-12-19(26)13-11-18)20(21(27)23(3)4)17-8-6-5-7-9-17/h5-13,20,26H,14-16H2,1-4H3. The van der Waals surface area contributed by atoms with E-state index in [4.69, 9.17) is 0 Å². The van der Waals surface area contributed by atoms with Crippen LogP contribution in [0.2, 0.25) is 0 Å². The SMILES string of the molecule is CN(C)C(=O)C(c1ccccc1)N1CCN(c2ccc(O)cc2)C(C)(C)C1. The fourth-order valence-corrected chi connectivity index (χ4v) is 3.91. The van der Waals surface area contributed by atoms with E-state index < -0.39 is 0 Å². The van der Waals surface area contributed by atoms with Gasteiger partial charge in [0.1, 0.15) is 11.8 Å². The number of nitrogens with zero attached hydrogens (tertiary/aromatic N) is 3. The zero-order valence-electron chi connectivity index (χ0n) is 16.6. The normalized spacial score (nSPS) is 18.1. The Balaban J connectivity index is 1.87. The predicted octanol–water partition coefficient (Wildman–Crippen LogP) is 3.12. The molecule has 1 unspecified atom stereocenters. The summed E-state index contributed by atoms with van der Waals surface area (Å²) in [5, 5.41) is 9.57. The number of phenolic OH excluding ortho intramolecular Hbond substituents is 1. The number of benzene rings is 2. The molecule has 27 heavy (non-hydrogen) atoms. The molecular formula is C22H29N3O2. The van der Waals surface area contributed by atoms with Crippen LogP contribution in [0, 0.1) is 0 Å². The van der Waals surface area contributed by atoms with Gasteiger partial charge in [-0.3, -0.25) is 9.69 Å². The molecule has 1 fully saturated rings. The van der Waals surface area contributed by atoms with Gasteiger partial charge in [0.25, 0.3) is 0 Å². The average molecular weight is 367 g/mol. The topological polar surface area (TPSA) is 47.0 Å². The Kier molecular flexibility index (Phi) is 5.42. The number of carbonyl (C=O) groups is 1. The van der Waals surface area contributed by atoms with Gasteiger partial charge in [0.15, 0.2) is 0 Å². The summed E-state index contributed by atoms with van der Waals surface area (Å²) in [5.74, 6) is 0.381.